The average Bonchev–Trinajstić information content (AvgIpc) is 2.69. The molecule has 0 aliphatic carbocycles. The van der Waals surface area contributed by atoms with Crippen molar-refractivity contribution in [2.45, 2.75) is 31.9 Å². The van der Waals surface area contributed by atoms with E-state index in [1.165, 1.54) is 24.1 Å². The molecule has 3 N–H and O–H groups in total. The molecule has 0 radical (unpaired) electrons. The molecule has 0 spiro atoms. The molecule has 1 fully saturated rings. The fraction of sp³-hybridized carbons (Fsp3) is 0.727. The topological polar surface area (TPSA) is 65.1 Å². The van der Waals surface area contributed by atoms with Crippen LogP contribution in [0.3, 0.4) is 0 Å². The third kappa shape index (κ3) is 1.60. The van der Waals surface area contributed by atoms with E-state index in [0.29, 0.717) is 18.5 Å². The predicted octanol–water partition coefficient (Wildman–Crippen LogP) is 0.462. The molecule has 0 aromatic carbocycles. The Morgan fingerprint density at radius 2 is 2.44 bits per heavy atom. The molecule has 0 saturated carbocycles. The quantitative estimate of drug-likeness (QED) is 0.724. The summed E-state index contributed by atoms with van der Waals surface area (Å²) in [7, 11) is 0. The minimum atomic E-state index is 0.446. The zero-order chi connectivity index (χ0) is 11.0. The summed E-state index contributed by atoms with van der Waals surface area (Å²) >= 11 is 0. The molecule has 5 nitrogen and oxygen atoms in total. The summed E-state index contributed by atoms with van der Waals surface area (Å²) in [5.41, 5.74) is 8.36. The highest BCUT2D eigenvalue weighted by Gasteiger charge is 2.25. The number of nitrogens with one attached hydrogen (secondary N) is 1. The minimum absolute atomic E-state index is 0.446. The summed E-state index contributed by atoms with van der Waals surface area (Å²) in [6.45, 7) is 3.54. The summed E-state index contributed by atoms with van der Waals surface area (Å²) in [5, 5.41) is 7.90. The Balaban J connectivity index is 1.93. The van der Waals surface area contributed by atoms with Gasteiger partial charge in [0, 0.05) is 18.5 Å². The lowest BCUT2D eigenvalue weighted by atomic mass is 10.1. The van der Waals surface area contributed by atoms with Gasteiger partial charge in [-0.3, -0.25) is 4.68 Å². The Labute approximate surface area is 94.9 Å². The molecule has 1 aromatic rings. The lowest BCUT2D eigenvalue weighted by molar-refractivity contribution is 0.102. The lowest BCUT2D eigenvalue weighted by Crippen LogP contribution is -2.33. The van der Waals surface area contributed by atoms with Gasteiger partial charge < -0.3 is 15.8 Å². The molecule has 2 aliphatic heterocycles. The van der Waals surface area contributed by atoms with Crippen LogP contribution in [0.1, 0.15) is 30.1 Å². The summed E-state index contributed by atoms with van der Waals surface area (Å²) in [4.78, 5) is 0. The van der Waals surface area contributed by atoms with Gasteiger partial charge >= 0.3 is 0 Å². The van der Waals surface area contributed by atoms with Crippen molar-refractivity contribution in [2.75, 3.05) is 25.4 Å². The summed E-state index contributed by atoms with van der Waals surface area (Å²) in [5.74, 6) is 0.698. The van der Waals surface area contributed by atoms with E-state index >= 15 is 0 Å². The van der Waals surface area contributed by atoms with Crippen LogP contribution in [0.15, 0.2) is 0 Å². The molecule has 88 valence electrons. The largest absolute Gasteiger partial charge is 0.382 e. The van der Waals surface area contributed by atoms with Crippen molar-refractivity contribution in [3.05, 3.63) is 11.3 Å². The first-order valence-electron chi connectivity index (χ1n) is 6.00. The molecule has 5 heteroatoms. The van der Waals surface area contributed by atoms with Gasteiger partial charge in [0.2, 0.25) is 0 Å². The molecule has 2 aliphatic rings. The minimum Gasteiger partial charge on any atom is -0.382 e. The van der Waals surface area contributed by atoms with E-state index in [9.17, 15) is 0 Å². The van der Waals surface area contributed by atoms with Crippen LogP contribution < -0.4 is 11.1 Å². The second kappa shape index (κ2) is 4.07. The van der Waals surface area contributed by atoms with Crippen LogP contribution >= 0.6 is 0 Å². The number of hydrogen-bond donors (Lipinski definition) is 2. The van der Waals surface area contributed by atoms with Crippen molar-refractivity contribution in [2.24, 2.45) is 0 Å². The normalized spacial score (nSPS) is 25.4. The van der Waals surface area contributed by atoms with Gasteiger partial charge in [-0.25, -0.2) is 0 Å². The van der Waals surface area contributed by atoms with Crippen LogP contribution in [0.4, 0.5) is 5.82 Å². The number of nitrogens with two attached hydrogens (primary N) is 1. The molecule has 3 rings (SSSR count). The molecule has 1 aromatic heterocycles. The molecule has 3 heterocycles. The third-order valence-electron chi connectivity index (χ3n) is 3.50. The Kier molecular flexibility index (Phi) is 2.57. The molecular formula is C11H18N4O. The van der Waals surface area contributed by atoms with Gasteiger partial charge in [0.05, 0.1) is 24.9 Å². The molecule has 1 saturated heterocycles. The standard InChI is InChI=1S/C11H18N4O/c12-11-9-3-5-16-7-10(9)15(14-11)8-2-1-4-13-6-8/h8,13H,1-7H2,(H2,12,14). The van der Waals surface area contributed by atoms with E-state index in [-0.39, 0.29) is 0 Å². The van der Waals surface area contributed by atoms with Gasteiger partial charge in [-0.05, 0) is 19.4 Å². The molecular weight excluding hydrogens is 204 g/mol. The second-order valence-corrected chi connectivity index (χ2v) is 4.56. The van der Waals surface area contributed by atoms with Crippen LogP contribution in [0.25, 0.3) is 0 Å². The SMILES string of the molecule is Nc1nn(C2CCCNC2)c2c1CCOC2. The van der Waals surface area contributed by atoms with Crippen LogP contribution in [0.2, 0.25) is 0 Å². The first-order chi connectivity index (χ1) is 7.86. The van der Waals surface area contributed by atoms with Crippen LogP contribution in [0.5, 0.6) is 0 Å². The Morgan fingerprint density at radius 1 is 1.50 bits per heavy atom. The molecule has 1 atom stereocenters. The van der Waals surface area contributed by atoms with Crippen molar-refractivity contribution in [3.8, 4) is 0 Å². The fourth-order valence-electron chi connectivity index (χ4n) is 2.64. The number of ether oxygens (including phenoxy) is 1. The third-order valence-corrected chi connectivity index (χ3v) is 3.50. The highest BCUT2D eigenvalue weighted by molar-refractivity contribution is 5.43. The number of rotatable bonds is 1. The van der Waals surface area contributed by atoms with E-state index in [2.05, 4.69) is 15.1 Å². The summed E-state index contributed by atoms with van der Waals surface area (Å²) in [6, 6.07) is 0.446. The van der Waals surface area contributed by atoms with E-state index < -0.39 is 0 Å². The van der Waals surface area contributed by atoms with Crippen molar-refractivity contribution in [3.63, 3.8) is 0 Å². The molecule has 0 amide bonds. The van der Waals surface area contributed by atoms with E-state index in [1.807, 2.05) is 0 Å². The summed E-state index contributed by atoms with van der Waals surface area (Å²) in [6.07, 6.45) is 3.29. The van der Waals surface area contributed by atoms with Crippen LogP contribution in [-0.2, 0) is 17.8 Å². The number of fused-ring (bicyclic) bond motifs is 1. The number of piperidine rings is 1. The van der Waals surface area contributed by atoms with E-state index in [0.717, 1.165) is 26.1 Å². The number of nitrogens with zero attached hydrogens (tertiary/aromatic N) is 2. The first kappa shape index (κ1) is 10.1. The van der Waals surface area contributed by atoms with E-state index in [1.54, 1.807) is 0 Å². The van der Waals surface area contributed by atoms with E-state index in [4.69, 9.17) is 10.5 Å². The zero-order valence-electron chi connectivity index (χ0n) is 9.41. The molecule has 0 bridgehead atoms. The first-order valence-corrected chi connectivity index (χ1v) is 6.00. The van der Waals surface area contributed by atoms with Crippen molar-refractivity contribution in [1.29, 1.82) is 0 Å². The van der Waals surface area contributed by atoms with Crippen molar-refractivity contribution in [1.82, 2.24) is 15.1 Å². The number of aromatic nitrogens is 2. The highest BCUT2D eigenvalue weighted by Crippen LogP contribution is 2.27. The van der Waals surface area contributed by atoms with Crippen molar-refractivity contribution < 1.29 is 4.74 Å². The fourth-order valence-corrected chi connectivity index (χ4v) is 2.64. The maximum Gasteiger partial charge on any atom is 0.149 e. The van der Waals surface area contributed by atoms with Crippen LogP contribution in [0, 0.1) is 0 Å². The predicted molar refractivity (Wildman–Crippen MR) is 61.1 cm³/mol. The maximum absolute atomic E-state index is 5.96. The smallest absolute Gasteiger partial charge is 0.149 e. The monoisotopic (exact) mass is 222 g/mol. The van der Waals surface area contributed by atoms with Crippen molar-refractivity contribution >= 4 is 5.82 Å². The number of nitrogen functional groups attached to an aromatic ring is 1. The number of hydrogen-bond acceptors (Lipinski definition) is 4. The maximum atomic E-state index is 5.96. The van der Waals surface area contributed by atoms with Gasteiger partial charge in [-0.15, -0.1) is 0 Å². The Bertz CT molecular complexity index is 382. The van der Waals surface area contributed by atoms with Gasteiger partial charge in [-0.2, -0.15) is 5.10 Å². The van der Waals surface area contributed by atoms with Gasteiger partial charge in [-0.1, -0.05) is 0 Å². The van der Waals surface area contributed by atoms with Crippen LogP contribution in [-0.4, -0.2) is 29.5 Å². The highest BCUT2D eigenvalue weighted by atomic mass is 16.5. The zero-order valence-corrected chi connectivity index (χ0v) is 9.41. The van der Waals surface area contributed by atoms with Gasteiger partial charge in [0.25, 0.3) is 0 Å². The molecule has 16 heavy (non-hydrogen) atoms. The lowest BCUT2D eigenvalue weighted by Gasteiger charge is -2.25. The molecule has 1 unspecified atom stereocenters. The summed E-state index contributed by atoms with van der Waals surface area (Å²) < 4.78 is 7.60. The second-order valence-electron chi connectivity index (χ2n) is 4.56. The Morgan fingerprint density at radius 3 is 3.25 bits per heavy atom. The average molecular weight is 222 g/mol. The Hall–Kier alpha value is -1.07. The number of anilines is 1. The van der Waals surface area contributed by atoms with Gasteiger partial charge in [0.1, 0.15) is 5.82 Å². The van der Waals surface area contributed by atoms with Gasteiger partial charge in [0.15, 0.2) is 0 Å².